The number of anilines is 1. The number of carbonyl (C=O) groups is 2. The van der Waals surface area contributed by atoms with Crippen LogP contribution in [-0.4, -0.2) is 43.0 Å². The van der Waals surface area contributed by atoms with E-state index in [4.69, 9.17) is 4.74 Å². The lowest BCUT2D eigenvalue weighted by atomic mass is 9.63. The number of ether oxygens (including phenoxy) is 1. The largest absolute Gasteiger partial charge is 0.379 e. The van der Waals surface area contributed by atoms with E-state index in [2.05, 4.69) is 29.2 Å². The fraction of sp³-hybridized carbons (Fsp3) is 0.545. The molecule has 5 nitrogen and oxygen atoms in total. The molecule has 2 bridgehead atoms. The van der Waals surface area contributed by atoms with Crippen molar-refractivity contribution in [3.05, 3.63) is 42.0 Å². The molecule has 2 saturated heterocycles. The minimum absolute atomic E-state index is 0.0237. The van der Waals surface area contributed by atoms with E-state index in [-0.39, 0.29) is 35.5 Å². The van der Waals surface area contributed by atoms with Gasteiger partial charge in [-0.15, -0.1) is 0 Å². The minimum Gasteiger partial charge on any atom is -0.379 e. The third kappa shape index (κ3) is 2.31. The molecule has 5 heteroatoms. The maximum absolute atomic E-state index is 13.2. The van der Waals surface area contributed by atoms with E-state index in [0.717, 1.165) is 38.5 Å². The molecule has 27 heavy (non-hydrogen) atoms. The Labute approximate surface area is 159 Å². The lowest BCUT2D eigenvalue weighted by Crippen LogP contribution is -2.40. The summed E-state index contributed by atoms with van der Waals surface area (Å²) < 4.78 is 5.40. The molecule has 0 N–H and O–H groups in total. The van der Waals surface area contributed by atoms with Crippen LogP contribution in [0.4, 0.5) is 5.69 Å². The summed E-state index contributed by atoms with van der Waals surface area (Å²) in [7, 11) is 0. The van der Waals surface area contributed by atoms with Gasteiger partial charge in [0.15, 0.2) is 0 Å². The maximum atomic E-state index is 13.2. The van der Waals surface area contributed by atoms with E-state index in [0.29, 0.717) is 11.8 Å². The van der Waals surface area contributed by atoms with Crippen LogP contribution in [0.3, 0.4) is 0 Å². The van der Waals surface area contributed by atoms with Crippen LogP contribution in [0.15, 0.2) is 36.4 Å². The highest BCUT2D eigenvalue weighted by Crippen LogP contribution is 2.65. The first kappa shape index (κ1) is 16.0. The molecule has 4 aliphatic carbocycles. The summed E-state index contributed by atoms with van der Waals surface area (Å²) >= 11 is 0. The third-order valence-electron chi connectivity index (χ3n) is 7.37. The van der Waals surface area contributed by atoms with Crippen molar-refractivity contribution in [3.8, 4) is 0 Å². The van der Waals surface area contributed by atoms with Crippen LogP contribution in [0, 0.1) is 35.5 Å². The van der Waals surface area contributed by atoms with Crippen molar-refractivity contribution < 1.29 is 14.3 Å². The van der Waals surface area contributed by atoms with Crippen LogP contribution in [0.2, 0.25) is 0 Å². The van der Waals surface area contributed by atoms with Crippen LogP contribution in [0.5, 0.6) is 0 Å². The molecule has 0 unspecified atom stereocenters. The van der Waals surface area contributed by atoms with Gasteiger partial charge in [-0.1, -0.05) is 24.3 Å². The number of hydrogen-bond acceptors (Lipinski definition) is 4. The van der Waals surface area contributed by atoms with Crippen LogP contribution in [-0.2, 0) is 20.9 Å². The molecule has 0 spiro atoms. The second kappa shape index (κ2) is 5.76. The van der Waals surface area contributed by atoms with Gasteiger partial charge in [0.1, 0.15) is 0 Å². The van der Waals surface area contributed by atoms with Gasteiger partial charge < -0.3 is 4.74 Å². The van der Waals surface area contributed by atoms with Crippen LogP contribution in [0.25, 0.3) is 0 Å². The van der Waals surface area contributed by atoms with E-state index >= 15 is 0 Å². The molecular formula is C22H24N2O3. The highest BCUT2D eigenvalue weighted by atomic mass is 16.5. The molecule has 1 aromatic rings. The Morgan fingerprint density at radius 1 is 0.889 bits per heavy atom. The Morgan fingerprint density at radius 2 is 1.48 bits per heavy atom. The van der Waals surface area contributed by atoms with Gasteiger partial charge in [0, 0.05) is 19.6 Å². The Balaban J connectivity index is 1.23. The number of allylic oxidation sites excluding steroid dienone is 2. The summed E-state index contributed by atoms with van der Waals surface area (Å²) in [6.45, 7) is 4.36. The number of imide groups is 1. The fourth-order valence-corrected chi connectivity index (χ4v) is 5.98. The molecule has 6 aliphatic rings. The summed E-state index contributed by atoms with van der Waals surface area (Å²) in [6.07, 6.45) is 5.65. The Hall–Kier alpha value is -1.98. The Morgan fingerprint density at radius 3 is 2.07 bits per heavy atom. The zero-order valence-corrected chi connectivity index (χ0v) is 15.3. The molecule has 0 aromatic heterocycles. The second-order valence-electron chi connectivity index (χ2n) is 8.72. The average molecular weight is 364 g/mol. The molecule has 7 rings (SSSR count). The normalized spacial score (nSPS) is 39.6. The molecule has 1 aromatic carbocycles. The molecule has 2 aliphatic heterocycles. The number of carbonyl (C=O) groups excluding carboxylic acids is 2. The number of nitrogens with zero attached hydrogens (tertiary/aromatic N) is 2. The Kier molecular flexibility index (Phi) is 3.42. The van der Waals surface area contributed by atoms with Gasteiger partial charge >= 0.3 is 0 Å². The fourth-order valence-electron chi connectivity index (χ4n) is 5.98. The van der Waals surface area contributed by atoms with Crippen molar-refractivity contribution in [3.63, 3.8) is 0 Å². The van der Waals surface area contributed by atoms with E-state index in [1.54, 1.807) is 0 Å². The smallest absolute Gasteiger partial charge is 0.238 e. The van der Waals surface area contributed by atoms with Crippen molar-refractivity contribution in [2.75, 3.05) is 31.2 Å². The lowest BCUT2D eigenvalue weighted by molar-refractivity contribution is -0.124. The lowest BCUT2D eigenvalue weighted by Gasteiger charge is -2.37. The van der Waals surface area contributed by atoms with Crippen molar-refractivity contribution in [1.82, 2.24) is 4.90 Å². The zero-order chi connectivity index (χ0) is 18.1. The monoisotopic (exact) mass is 364 g/mol. The van der Waals surface area contributed by atoms with Crippen LogP contribution >= 0.6 is 0 Å². The summed E-state index contributed by atoms with van der Waals surface area (Å²) in [4.78, 5) is 30.2. The quantitative estimate of drug-likeness (QED) is 0.609. The molecular weight excluding hydrogens is 340 g/mol. The number of amides is 2. The van der Waals surface area contributed by atoms with Gasteiger partial charge in [0.2, 0.25) is 11.8 Å². The van der Waals surface area contributed by atoms with Gasteiger partial charge in [-0.3, -0.25) is 19.4 Å². The highest BCUT2D eigenvalue weighted by Gasteiger charge is 2.67. The number of hydrogen-bond donors (Lipinski definition) is 0. The van der Waals surface area contributed by atoms with E-state index < -0.39 is 0 Å². The third-order valence-corrected chi connectivity index (χ3v) is 7.37. The summed E-state index contributed by atoms with van der Waals surface area (Å²) in [5, 5.41) is 0. The van der Waals surface area contributed by atoms with Crippen molar-refractivity contribution in [1.29, 1.82) is 0 Å². The topological polar surface area (TPSA) is 49.9 Å². The van der Waals surface area contributed by atoms with Crippen molar-refractivity contribution in [2.45, 2.75) is 13.0 Å². The molecule has 4 fully saturated rings. The summed E-state index contributed by atoms with van der Waals surface area (Å²) in [5.74, 6) is 1.67. The number of morpholine rings is 1. The molecule has 140 valence electrons. The second-order valence-corrected chi connectivity index (χ2v) is 8.72. The first-order chi connectivity index (χ1) is 13.2. The van der Waals surface area contributed by atoms with Gasteiger partial charge in [-0.2, -0.15) is 0 Å². The van der Waals surface area contributed by atoms with Crippen molar-refractivity contribution >= 4 is 17.5 Å². The summed E-state index contributed by atoms with van der Waals surface area (Å²) in [6, 6.07) is 7.99. The Bertz CT molecular complexity index is 790. The maximum Gasteiger partial charge on any atom is 0.238 e. The van der Waals surface area contributed by atoms with Gasteiger partial charge in [0.25, 0.3) is 0 Å². The van der Waals surface area contributed by atoms with Crippen molar-refractivity contribution in [2.24, 2.45) is 35.5 Å². The number of rotatable bonds is 3. The van der Waals surface area contributed by atoms with E-state index in [1.165, 1.54) is 16.9 Å². The minimum atomic E-state index is -0.121. The predicted octanol–water partition coefficient (Wildman–Crippen LogP) is 2.08. The molecule has 2 heterocycles. The van der Waals surface area contributed by atoms with Gasteiger partial charge in [-0.05, 0) is 47.8 Å². The SMILES string of the molecule is O=C1[C@@H]2[C@@H]3C=C[C@H]([C@H]4C[C@H]34)[C@@H]2C(=O)N1c1ccc(CN2CCOCC2)cc1. The molecule has 0 radical (unpaired) electrons. The van der Waals surface area contributed by atoms with Crippen LogP contribution in [0.1, 0.15) is 12.0 Å². The average Bonchev–Trinajstić information content (AvgIpc) is 3.48. The first-order valence-electron chi connectivity index (χ1n) is 10.2. The molecule has 6 atom stereocenters. The zero-order valence-electron chi connectivity index (χ0n) is 15.3. The van der Waals surface area contributed by atoms with Gasteiger partial charge in [0.05, 0.1) is 30.7 Å². The molecule has 2 amide bonds. The predicted molar refractivity (Wildman–Crippen MR) is 99.7 cm³/mol. The molecule has 2 saturated carbocycles. The standard InChI is InChI=1S/C22H24N2O3/c25-21-19-15-5-6-16(18-11-17(15)18)20(19)22(26)24(21)14-3-1-13(2-4-14)12-23-7-9-27-10-8-23/h1-6,15-20H,7-12H2/t15-,16-,17-,18-,19-,20+/m1/s1. The van der Waals surface area contributed by atoms with Crippen LogP contribution < -0.4 is 4.90 Å². The van der Waals surface area contributed by atoms with Gasteiger partial charge in [-0.25, -0.2) is 0 Å². The summed E-state index contributed by atoms with van der Waals surface area (Å²) in [5.41, 5.74) is 1.94. The van der Waals surface area contributed by atoms with E-state index in [9.17, 15) is 9.59 Å². The first-order valence-corrected chi connectivity index (χ1v) is 10.2. The van der Waals surface area contributed by atoms with E-state index in [1.807, 2.05) is 12.1 Å². The number of benzene rings is 1. The highest BCUT2D eigenvalue weighted by molar-refractivity contribution is 6.22.